The van der Waals surface area contributed by atoms with Crippen LogP contribution in [-0.4, -0.2) is 33.8 Å². The molecule has 7 heteroatoms. The van der Waals surface area contributed by atoms with Crippen molar-refractivity contribution in [2.45, 2.75) is 26.8 Å². The number of benzene rings is 1. The third-order valence-electron chi connectivity index (χ3n) is 4.63. The Morgan fingerprint density at radius 3 is 3.08 bits per heavy atom. The summed E-state index contributed by atoms with van der Waals surface area (Å²) in [6, 6.07) is 4.69. The van der Waals surface area contributed by atoms with Crippen molar-refractivity contribution >= 4 is 16.8 Å². The molecule has 0 bridgehead atoms. The van der Waals surface area contributed by atoms with Gasteiger partial charge < -0.3 is 15.0 Å². The molecule has 1 aliphatic heterocycles. The van der Waals surface area contributed by atoms with Crippen LogP contribution in [0.3, 0.4) is 0 Å². The van der Waals surface area contributed by atoms with Crippen LogP contribution in [0.4, 0.5) is 4.39 Å². The van der Waals surface area contributed by atoms with Crippen LogP contribution in [0.5, 0.6) is 5.88 Å². The first kappa shape index (κ1) is 15.7. The minimum absolute atomic E-state index is 0.216. The number of rotatable bonds is 4. The first-order valence-corrected chi connectivity index (χ1v) is 8.29. The molecule has 25 heavy (non-hydrogen) atoms. The van der Waals surface area contributed by atoms with Gasteiger partial charge in [-0.05, 0) is 44.0 Å². The normalized spacial score (nSPS) is 13.1. The van der Waals surface area contributed by atoms with E-state index in [1.54, 1.807) is 10.7 Å². The van der Waals surface area contributed by atoms with E-state index in [9.17, 15) is 9.18 Å². The van der Waals surface area contributed by atoms with E-state index in [2.05, 4.69) is 15.4 Å². The van der Waals surface area contributed by atoms with E-state index in [-0.39, 0.29) is 11.7 Å². The Labute approximate surface area is 144 Å². The number of halogens is 1. The van der Waals surface area contributed by atoms with Crippen molar-refractivity contribution in [1.82, 2.24) is 20.1 Å². The minimum Gasteiger partial charge on any atom is -0.476 e. The number of aromatic nitrogens is 3. The van der Waals surface area contributed by atoms with Crippen molar-refractivity contribution in [1.29, 1.82) is 0 Å². The van der Waals surface area contributed by atoms with Gasteiger partial charge in [0.1, 0.15) is 12.4 Å². The summed E-state index contributed by atoms with van der Waals surface area (Å²) in [6.45, 7) is 5.51. The van der Waals surface area contributed by atoms with Crippen LogP contribution in [0.2, 0.25) is 0 Å². The van der Waals surface area contributed by atoms with E-state index < -0.39 is 0 Å². The summed E-state index contributed by atoms with van der Waals surface area (Å²) in [6.07, 6.45) is 0.615. The van der Waals surface area contributed by atoms with E-state index in [1.165, 1.54) is 12.1 Å². The number of nitrogens with zero attached hydrogens (tertiary/aromatic N) is 2. The molecule has 2 N–H and O–H groups in total. The zero-order valence-electron chi connectivity index (χ0n) is 14.1. The summed E-state index contributed by atoms with van der Waals surface area (Å²) in [5.41, 5.74) is 4.07. The van der Waals surface area contributed by atoms with Crippen LogP contribution >= 0.6 is 0 Å². The van der Waals surface area contributed by atoms with E-state index in [0.717, 1.165) is 27.7 Å². The van der Waals surface area contributed by atoms with Gasteiger partial charge in [0.05, 0.1) is 6.54 Å². The van der Waals surface area contributed by atoms with Gasteiger partial charge in [0, 0.05) is 28.7 Å². The van der Waals surface area contributed by atoms with Gasteiger partial charge in [-0.3, -0.25) is 4.79 Å². The Morgan fingerprint density at radius 1 is 1.44 bits per heavy atom. The van der Waals surface area contributed by atoms with E-state index in [1.807, 2.05) is 13.8 Å². The lowest BCUT2D eigenvalue weighted by molar-refractivity contribution is 0.0947. The summed E-state index contributed by atoms with van der Waals surface area (Å²) in [5, 5.41) is 8.06. The summed E-state index contributed by atoms with van der Waals surface area (Å²) < 4.78 is 20.7. The Bertz CT molecular complexity index is 973. The molecular weight excluding hydrogens is 323 g/mol. The lowest BCUT2D eigenvalue weighted by atomic mass is 10.1. The van der Waals surface area contributed by atoms with Gasteiger partial charge in [0.2, 0.25) is 5.88 Å². The molecule has 2 aromatic heterocycles. The second kappa shape index (κ2) is 5.91. The molecule has 0 unspecified atom stereocenters. The topological polar surface area (TPSA) is 71.9 Å². The maximum Gasteiger partial charge on any atom is 0.272 e. The summed E-state index contributed by atoms with van der Waals surface area (Å²) in [5.74, 6) is 0.194. The zero-order chi connectivity index (χ0) is 17.6. The molecule has 3 heterocycles. The van der Waals surface area contributed by atoms with Gasteiger partial charge in [0.15, 0.2) is 5.69 Å². The average Bonchev–Trinajstić information content (AvgIpc) is 3.24. The fourth-order valence-electron chi connectivity index (χ4n) is 3.38. The minimum atomic E-state index is -0.264. The van der Waals surface area contributed by atoms with Crippen LogP contribution in [0, 0.1) is 19.7 Å². The lowest BCUT2D eigenvalue weighted by Crippen LogP contribution is -2.27. The number of nitrogens with one attached hydrogen (secondary N) is 2. The Hall–Kier alpha value is -2.83. The highest BCUT2D eigenvalue weighted by Gasteiger charge is 2.24. The van der Waals surface area contributed by atoms with E-state index in [4.69, 9.17) is 4.74 Å². The third-order valence-corrected chi connectivity index (χ3v) is 4.63. The van der Waals surface area contributed by atoms with Gasteiger partial charge in [-0.25, -0.2) is 9.07 Å². The SMILES string of the molecule is Cc1[nH]c2ccc(F)cc2c1CCNC(=O)c1nn2c(c1C)OCC2. The molecule has 0 fully saturated rings. The molecule has 1 aliphatic rings. The maximum absolute atomic E-state index is 13.5. The quantitative estimate of drug-likeness (QED) is 0.765. The first-order valence-electron chi connectivity index (χ1n) is 8.29. The Balaban J connectivity index is 1.47. The molecule has 0 atom stereocenters. The predicted molar refractivity (Wildman–Crippen MR) is 91.5 cm³/mol. The lowest BCUT2D eigenvalue weighted by Gasteiger charge is -2.05. The molecule has 0 saturated carbocycles. The highest BCUT2D eigenvalue weighted by Crippen LogP contribution is 2.26. The fourth-order valence-corrected chi connectivity index (χ4v) is 3.38. The molecule has 1 aromatic carbocycles. The van der Waals surface area contributed by atoms with Gasteiger partial charge in [0.25, 0.3) is 5.91 Å². The Morgan fingerprint density at radius 2 is 2.28 bits per heavy atom. The summed E-state index contributed by atoms with van der Waals surface area (Å²) >= 11 is 0. The van der Waals surface area contributed by atoms with Crippen molar-refractivity contribution in [3.63, 3.8) is 0 Å². The van der Waals surface area contributed by atoms with Crippen molar-refractivity contribution < 1.29 is 13.9 Å². The van der Waals surface area contributed by atoms with Gasteiger partial charge in [-0.1, -0.05) is 0 Å². The average molecular weight is 342 g/mol. The predicted octanol–water partition coefficient (Wildman–Crippen LogP) is 2.49. The summed E-state index contributed by atoms with van der Waals surface area (Å²) in [7, 11) is 0. The van der Waals surface area contributed by atoms with Crippen LogP contribution in [-0.2, 0) is 13.0 Å². The molecule has 4 rings (SSSR count). The maximum atomic E-state index is 13.5. The molecular formula is C18H19FN4O2. The number of carbonyl (C=O) groups is 1. The monoisotopic (exact) mass is 342 g/mol. The first-order chi connectivity index (χ1) is 12.0. The molecule has 6 nitrogen and oxygen atoms in total. The molecule has 0 spiro atoms. The number of aryl methyl sites for hydroxylation is 1. The largest absolute Gasteiger partial charge is 0.476 e. The Kier molecular flexibility index (Phi) is 3.71. The number of fused-ring (bicyclic) bond motifs is 2. The summed E-state index contributed by atoms with van der Waals surface area (Å²) in [4.78, 5) is 15.6. The van der Waals surface area contributed by atoms with Gasteiger partial charge >= 0.3 is 0 Å². The number of ether oxygens (including phenoxy) is 1. The highest BCUT2D eigenvalue weighted by molar-refractivity contribution is 5.94. The van der Waals surface area contributed by atoms with Crippen LogP contribution in [0.25, 0.3) is 10.9 Å². The number of carbonyl (C=O) groups excluding carboxylic acids is 1. The number of hydrogen-bond donors (Lipinski definition) is 2. The van der Waals surface area contributed by atoms with Crippen molar-refractivity contribution in [3.05, 3.63) is 46.5 Å². The number of hydrogen-bond acceptors (Lipinski definition) is 3. The second-order valence-electron chi connectivity index (χ2n) is 6.27. The van der Waals surface area contributed by atoms with Crippen molar-refractivity contribution in [2.75, 3.05) is 13.2 Å². The van der Waals surface area contributed by atoms with E-state index in [0.29, 0.717) is 37.7 Å². The standard InChI is InChI=1S/C18H19FN4O2/c1-10-16(22-23-7-8-25-18(10)23)17(24)20-6-5-13-11(2)21-15-4-3-12(19)9-14(13)15/h3-4,9,21H,5-8H2,1-2H3,(H,20,24). The highest BCUT2D eigenvalue weighted by atomic mass is 19.1. The third kappa shape index (κ3) is 2.65. The van der Waals surface area contributed by atoms with Crippen molar-refractivity contribution in [2.24, 2.45) is 0 Å². The van der Waals surface area contributed by atoms with E-state index >= 15 is 0 Å². The number of amides is 1. The number of H-pyrrole nitrogens is 1. The zero-order valence-corrected chi connectivity index (χ0v) is 14.1. The van der Waals surface area contributed by atoms with Gasteiger partial charge in [-0.15, -0.1) is 0 Å². The molecule has 1 amide bonds. The molecule has 0 radical (unpaired) electrons. The van der Waals surface area contributed by atoms with Crippen LogP contribution in [0.1, 0.15) is 27.3 Å². The van der Waals surface area contributed by atoms with Crippen LogP contribution < -0.4 is 10.1 Å². The molecule has 3 aromatic rings. The van der Waals surface area contributed by atoms with Crippen LogP contribution in [0.15, 0.2) is 18.2 Å². The molecule has 0 saturated heterocycles. The second-order valence-corrected chi connectivity index (χ2v) is 6.27. The number of aromatic amines is 1. The molecule has 130 valence electrons. The molecule has 0 aliphatic carbocycles. The van der Waals surface area contributed by atoms with Gasteiger partial charge in [-0.2, -0.15) is 5.10 Å². The fraction of sp³-hybridized carbons (Fsp3) is 0.333. The smallest absolute Gasteiger partial charge is 0.272 e. The van der Waals surface area contributed by atoms with Crippen molar-refractivity contribution in [3.8, 4) is 5.88 Å².